The first kappa shape index (κ1) is 17.1. The molecule has 1 N–H and O–H groups in total. The van der Waals surface area contributed by atoms with Crippen molar-refractivity contribution in [3.8, 4) is 11.5 Å². The number of anilines is 1. The standard InChI is InChI=1S/C16H18FNO4S/c1-11-8-16(22-3)14(9-15(11)21-2)18-23(19,20)10-12-4-6-13(17)7-5-12/h4-9,18H,10H2,1-3H3. The number of aryl methyl sites for hydroxylation is 1. The van der Waals surface area contributed by atoms with Crippen molar-refractivity contribution in [3.05, 3.63) is 53.3 Å². The lowest BCUT2D eigenvalue weighted by atomic mass is 10.2. The molecular formula is C16H18FNO4S. The van der Waals surface area contributed by atoms with Gasteiger partial charge in [0.15, 0.2) is 0 Å². The summed E-state index contributed by atoms with van der Waals surface area (Å²) in [6.45, 7) is 1.83. The molecule has 2 aromatic rings. The van der Waals surface area contributed by atoms with E-state index in [1.165, 1.54) is 38.5 Å². The Morgan fingerprint density at radius 1 is 1.04 bits per heavy atom. The van der Waals surface area contributed by atoms with Crippen LogP contribution in [0, 0.1) is 12.7 Å². The molecule has 0 unspecified atom stereocenters. The van der Waals surface area contributed by atoms with Crippen molar-refractivity contribution in [2.75, 3.05) is 18.9 Å². The molecule has 0 spiro atoms. The number of nitrogens with one attached hydrogen (secondary N) is 1. The number of hydrogen-bond acceptors (Lipinski definition) is 4. The molecule has 0 aliphatic heterocycles. The number of ether oxygens (including phenoxy) is 2. The number of hydrogen-bond donors (Lipinski definition) is 1. The maximum atomic E-state index is 12.9. The van der Waals surface area contributed by atoms with Crippen LogP contribution in [0.2, 0.25) is 0 Å². The first-order chi connectivity index (χ1) is 10.8. The zero-order chi connectivity index (χ0) is 17.0. The van der Waals surface area contributed by atoms with E-state index in [4.69, 9.17) is 9.47 Å². The van der Waals surface area contributed by atoms with Crippen molar-refractivity contribution in [1.82, 2.24) is 0 Å². The second kappa shape index (κ2) is 6.87. The molecular weight excluding hydrogens is 321 g/mol. The molecule has 0 amide bonds. The van der Waals surface area contributed by atoms with Crippen LogP contribution >= 0.6 is 0 Å². The summed E-state index contributed by atoms with van der Waals surface area (Å²) in [5.74, 6) is 0.257. The van der Waals surface area contributed by atoms with E-state index in [0.717, 1.165) is 5.56 Å². The fourth-order valence-corrected chi connectivity index (χ4v) is 3.33. The van der Waals surface area contributed by atoms with Gasteiger partial charge in [-0.05, 0) is 36.2 Å². The largest absolute Gasteiger partial charge is 0.496 e. The summed E-state index contributed by atoms with van der Waals surface area (Å²) in [5.41, 5.74) is 1.60. The highest BCUT2D eigenvalue weighted by Gasteiger charge is 2.16. The van der Waals surface area contributed by atoms with Gasteiger partial charge in [-0.3, -0.25) is 4.72 Å². The van der Waals surface area contributed by atoms with Crippen LogP contribution in [0.25, 0.3) is 0 Å². The minimum atomic E-state index is -3.68. The Morgan fingerprint density at radius 2 is 1.65 bits per heavy atom. The molecule has 5 nitrogen and oxygen atoms in total. The lowest BCUT2D eigenvalue weighted by Gasteiger charge is -2.15. The monoisotopic (exact) mass is 339 g/mol. The topological polar surface area (TPSA) is 64.6 Å². The molecule has 0 bridgehead atoms. The fraction of sp³-hybridized carbons (Fsp3) is 0.250. The van der Waals surface area contributed by atoms with Gasteiger partial charge in [-0.25, -0.2) is 12.8 Å². The first-order valence-electron chi connectivity index (χ1n) is 6.82. The molecule has 0 aliphatic carbocycles. The fourth-order valence-electron chi connectivity index (χ4n) is 2.13. The van der Waals surface area contributed by atoms with Crippen LogP contribution in [0.3, 0.4) is 0 Å². The minimum Gasteiger partial charge on any atom is -0.496 e. The van der Waals surface area contributed by atoms with Gasteiger partial charge in [0, 0.05) is 6.07 Å². The zero-order valence-corrected chi connectivity index (χ0v) is 13.9. The van der Waals surface area contributed by atoms with E-state index in [1.54, 1.807) is 12.1 Å². The van der Waals surface area contributed by atoms with Crippen LogP contribution in [0.15, 0.2) is 36.4 Å². The highest BCUT2D eigenvalue weighted by atomic mass is 32.2. The molecule has 0 fully saturated rings. The zero-order valence-electron chi connectivity index (χ0n) is 13.1. The van der Waals surface area contributed by atoms with Crippen LogP contribution in [0.4, 0.5) is 10.1 Å². The lowest BCUT2D eigenvalue weighted by Crippen LogP contribution is -2.16. The number of sulfonamides is 1. The summed E-state index contributed by atoms with van der Waals surface area (Å²) < 4.78 is 50.4. The average molecular weight is 339 g/mol. The summed E-state index contributed by atoms with van der Waals surface area (Å²) in [6, 6.07) is 8.56. The highest BCUT2D eigenvalue weighted by Crippen LogP contribution is 2.33. The number of methoxy groups -OCH3 is 2. The summed E-state index contributed by atoms with van der Waals surface area (Å²) in [7, 11) is -0.716. The van der Waals surface area contributed by atoms with Crippen LogP contribution in [-0.2, 0) is 15.8 Å². The quantitative estimate of drug-likeness (QED) is 0.878. The minimum absolute atomic E-state index is 0.271. The summed E-state index contributed by atoms with van der Waals surface area (Å²) in [5, 5.41) is 0. The molecule has 0 saturated carbocycles. The van der Waals surface area contributed by atoms with E-state index < -0.39 is 15.8 Å². The van der Waals surface area contributed by atoms with Crippen LogP contribution in [0.5, 0.6) is 11.5 Å². The normalized spacial score (nSPS) is 11.1. The maximum absolute atomic E-state index is 12.9. The summed E-state index contributed by atoms with van der Waals surface area (Å²) in [4.78, 5) is 0. The van der Waals surface area contributed by atoms with Gasteiger partial charge in [-0.15, -0.1) is 0 Å². The summed E-state index contributed by atoms with van der Waals surface area (Å²) in [6.07, 6.45) is 0. The summed E-state index contributed by atoms with van der Waals surface area (Å²) >= 11 is 0. The van der Waals surface area contributed by atoms with Crippen molar-refractivity contribution in [1.29, 1.82) is 0 Å². The Bertz CT molecular complexity index is 788. The SMILES string of the molecule is COc1cc(NS(=O)(=O)Cc2ccc(F)cc2)c(OC)cc1C. The van der Waals surface area contributed by atoms with Crippen molar-refractivity contribution in [2.24, 2.45) is 0 Å². The molecule has 23 heavy (non-hydrogen) atoms. The predicted molar refractivity (Wildman–Crippen MR) is 86.9 cm³/mol. The van der Waals surface area contributed by atoms with E-state index in [2.05, 4.69) is 4.72 Å². The molecule has 0 aliphatic rings. The molecule has 7 heteroatoms. The van der Waals surface area contributed by atoms with Gasteiger partial charge in [-0.2, -0.15) is 0 Å². The Kier molecular flexibility index (Phi) is 5.10. The molecule has 124 valence electrons. The van der Waals surface area contributed by atoms with E-state index in [9.17, 15) is 12.8 Å². The van der Waals surface area contributed by atoms with Gasteiger partial charge in [-0.1, -0.05) is 12.1 Å². The second-order valence-electron chi connectivity index (χ2n) is 5.01. The number of benzene rings is 2. The molecule has 2 aromatic carbocycles. The van der Waals surface area contributed by atoms with E-state index in [0.29, 0.717) is 17.1 Å². The lowest BCUT2D eigenvalue weighted by molar-refractivity contribution is 0.402. The smallest absolute Gasteiger partial charge is 0.237 e. The van der Waals surface area contributed by atoms with Gasteiger partial charge in [0.1, 0.15) is 17.3 Å². The maximum Gasteiger partial charge on any atom is 0.237 e. The third kappa shape index (κ3) is 4.35. The molecule has 0 atom stereocenters. The molecule has 0 radical (unpaired) electrons. The first-order valence-corrected chi connectivity index (χ1v) is 8.47. The van der Waals surface area contributed by atoms with Gasteiger partial charge in [0.2, 0.25) is 10.0 Å². The Morgan fingerprint density at radius 3 is 2.22 bits per heavy atom. The van der Waals surface area contributed by atoms with Crippen molar-refractivity contribution in [2.45, 2.75) is 12.7 Å². The van der Waals surface area contributed by atoms with Gasteiger partial charge >= 0.3 is 0 Å². The van der Waals surface area contributed by atoms with Crippen molar-refractivity contribution >= 4 is 15.7 Å². The predicted octanol–water partition coefficient (Wildman–Crippen LogP) is 3.09. The molecule has 2 rings (SSSR count). The van der Waals surface area contributed by atoms with Gasteiger partial charge in [0.05, 0.1) is 25.7 Å². The van der Waals surface area contributed by atoms with Crippen LogP contribution < -0.4 is 14.2 Å². The molecule has 0 aromatic heterocycles. The highest BCUT2D eigenvalue weighted by molar-refractivity contribution is 7.91. The van der Waals surface area contributed by atoms with E-state index >= 15 is 0 Å². The average Bonchev–Trinajstić information content (AvgIpc) is 2.50. The van der Waals surface area contributed by atoms with Crippen LogP contribution in [-0.4, -0.2) is 22.6 Å². The Labute approximate surface area is 135 Å². The molecule has 0 heterocycles. The number of rotatable bonds is 6. The van der Waals surface area contributed by atoms with Crippen molar-refractivity contribution in [3.63, 3.8) is 0 Å². The Balaban J connectivity index is 2.27. The molecule has 0 saturated heterocycles. The second-order valence-corrected chi connectivity index (χ2v) is 6.73. The van der Waals surface area contributed by atoms with E-state index in [-0.39, 0.29) is 11.4 Å². The van der Waals surface area contributed by atoms with E-state index in [1.807, 2.05) is 6.92 Å². The van der Waals surface area contributed by atoms with Gasteiger partial charge in [0.25, 0.3) is 0 Å². The van der Waals surface area contributed by atoms with Crippen molar-refractivity contribution < 1.29 is 22.3 Å². The third-order valence-corrected chi connectivity index (χ3v) is 4.50. The Hall–Kier alpha value is -2.28. The van der Waals surface area contributed by atoms with Crippen LogP contribution in [0.1, 0.15) is 11.1 Å². The number of halogens is 1. The third-order valence-electron chi connectivity index (χ3n) is 3.25. The van der Waals surface area contributed by atoms with Gasteiger partial charge < -0.3 is 9.47 Å².